The molecule has 0 aliphatic heterocycles. The highest BCUT2D eigenvalue weighted by molar-refractivity contribution is 5.94. The summed E-state index contributed by atoms with van der Waals surface area (Å²) in [6, 6.07) is 6.76. The Bertz CT molecular complexity index is 616. The summed E-state index contributed by atoms with van der Waals surface area (Å²) in [7, 11) is 0. The van der Waals surface area contributed by atoms with Crippen molar-refractivity contribution in [3.05, 3.63) is 35.0 Å². The van der Waals surface area contributed by atoms with Gasteiger partial charge in [-0.25, -0.2) is 0 Å². The summed E-state index contributed by atoms with van der Waals surface area (Å²) in [5, 5.41) is 4.90. The lowest BCUT2D eigenvalue weighted by Crippen LogP contribution is -2.06. The van der Waals surface area contributed by atoms with Crippen LogP contribution < -0.4 is 5.32 Å². The lowest BCUT2D eigenvalue weighted by molar-refractivity contribution is 0.734. The molecular formula is C19H28N2. The number of aromatic nitrogens is 1. The van der Waals surface area contributed by atoms with Crippen LogP contribution in [0, 0.1) is 6.92 Å². The molecule has 0 bridgehead atoms. The van der Waals surface area contributed by atoms with E-state index in [0.29, 0.717) is 5.92 Å². The zero-order valence-electron chi connectivity index (χ0n) is 14.1. The first-order chi connectivity index (χ1) is 10.1. The molecule has 0 aliphatic rings. The number of aryl methyl sites for hydroxylation is 1. The number of pyridine rings is 1. The van der Waals surface area contributed by atoms with E-state index in [-0.39, 0.29) is 0 Å². The molecule has 0 spiro atoms. The van der Waals surface area contributed by atoms with Crippen LogP contribution in [0.4, 0.5) is 5.69 Å². The average molecular weight is 284 g/mol. The minimum atomic E-state index is 0.597. The number of nitrogens with zero attached hydrogens (tertiary/aromatic N) is 1. The Morgan fingerprint density at radius 3 is 2.57 bits per heavy atom. The lowest BCUT2D eigenvalue weighted by Gasteiger charge is -2.17. The fraction of sp³-hybridized carbons (Fsp3) is 0.526. The molecule has 1 unspecified atom stereocenters. The van der Waals surface area contributed by atoms with Gasteiger partial charge in [0.15, 0.2) is 0 Å². The van der Waals surface area contributed by atoms with Crippen LogP contribution >= 0.6 is 0 Å². The number of hydrogen-bond donors (Lipinski definition) is 1. The smallest absolute Gasteiger partial charge is 0.0726 e. The fourth-order valence-corrected chi connectivity index (χ4v) is 2.79. The summed E-state index contributed by atoms with van der Waals surface area (Å²) in [5.74, 6) is 0.597. The monoisotopic (exact) mass is 284 g/mol. The summed E-state index contributed by atoms with van der Waals surface area (Å²) >= 11 is 0. The maximum atomic E-state index is 4.85. The molecule has 1 atom stereocenters. The third kappa shape index (κ3) is 3.20. The SMILES string of the molecule is CCCNc1c(C)c(CC)nc2ccc(C(C)CC)cc12. The van der Waals surface area contributed by atoms with Gasteiger partial charge in [-0.3, -0.25) is 4.98 Å². The second-order valence-corrected chi connectivity index (χ2v) is 5.92. The van der Waals surface area contributed by atoms with Crippen molar-refractivity contribution in [1.29, 1.82) is 0 Å². The standard InChI is InChI=1S/C19H28N2/c1-6-11-20-19-14(5)17(8-3)21-18-10-9-15(12-16(18)19)13(4)7-2/h9-10,12-13H,6-8,11H2,1-5H3,(H,20,21). The number of rotatable bonds is 6. The predicted octanol–water partition coefficient (Wildman–Crippen LogP) is 5.44. The van der Waals surface area contributed by atoms with E-state index in [1.807, 2.05) is 0 Å². The van der Waals surface area contributed by atoms with Crippen molar-refractivity contribution >= 4 is 16.6 Å². The number of fused-ring (bicyclic) bond motifs is 1. The van der Waals surface area contributed by atoms with Gasteiger partial charge < -0.3 is 5.32 Å². The van der Waals surface area contributed by atoms with Crippen LogP contribution in [0.15, 0.2) is 18.2 Å². The molecule has 0 saturated heterocycles. The van der Waals surface area contributed by atoms with E-state index >= 15 is 0 Å². The van der Waals surface area contributed by atoms with Crippen LogP contribution in [0.25, 0.3) is 10.9 Å². The molecular weight excluding hydrogens is 256 g/mol. The molecule has 0 amide bonds. The molecule has 0 fully saturated rings. The van der Waals surface area contributed by atoms with Crippen LogP contribution in [0.2, 0.25) is 0 Å². The van der Waals surface area contributed by atoms with Gasteiger partial charge in [0.1, 0.15) is 0 Å². The Morgan fingerprint density at radius 2 is 1.95 bits per heavy atom. The summed E-state index contributed by atoms with van der Waals surface area (Å²) < 4.78 is 0. The maximum Gasteiger partial charge on any atom is 0.0726 e. The Balaban J connectivity index is 2.63. The third-order valence-corrected chi connectivity index (χ3v) is 4.42. The van der Waals surface area contributed by atoms with Crippen molar-refractivity contribution in [1.82, 2.24) is 4.98 Å². The molecule has 0 saturated carbocycles. The molecule has 2 nitrogen and oxygen atoms in total. The van der Waals surface area contributed by atoms with Crippen LogP contribution in [0.1, 0.15) is 63.3 Å². The first kappa shape index (κ1) is 15.8. The van der Waals surface area contributed by atoms with Gasteiger partial charge in [-0.15, -0.1) is 0 Å². The molecule has 0 radical (unpaired) electrons. The molecule has 1 aromatic carbocycles. The molecule has 1 aromatic heterocycles. The number of benzene rings is 1. The molecule has 2 aromatic rings. The first-order valence-electron chi connectivity index (χ1n) is 8.29. The normalized spacial score (nSPS) is 12.6. The Labute approximate surface area is 129 Å². The van der Waals surface area contributed by atoms with Gasteiger partial charge in [-0.05, 0) is 55.4 Å². The molecule has 1 heterocycles. The van der Waals surface area contributed by atoms with Crippen molar-refractivity contribution in [3.63, 3.8) is 0 Å². The van der Waals surface area contributed by atoms with Gasteiger partial charge in [-0.1, -0.05) is 33.8 Å². The third-order valence-electron chi connectivity index (χ3n) is 4.42. The van der Waals surface area contributed by atoms with Crippen LogP contribution in [0.3, 0.4) is 0 Å². The van der Waals surface area contributed by atoms with Crippen molar-refractivity contribution in [3.8, 4) is 0 Å². The van der Waals surface area contributed by atoms with Gasteiger partial charge >= 0.3 is 0 Å². The zero-order chi connectivity index (χ0) is 15.4. The quantitative estimate of drug-likeness (QED) is 0.764. The van der Waals surface area contributed by atoms with Crippen LogP contribution in [-0.4, -0.2) is 11.5 Å². The second-order valence-electron chi connectivity index (χ2n) is 5.92. The number of nitrogens with one attached hydrogen (secondary N) is 1. The number of anilines is 1. The van der Waals surface area contributed by atoms with E-state index in [4.69, 9.17) is 4.98 Å². The first-order valence-corrected chi connectivity index (χ1v) is 8.29. The topological polar surface area (TPSA) is 24.9 Å². The van der Waals surface area contributed by atoms with Crippen molar-refractivity contribution in [2.24, 2.45) is 0 Å². The fourth-order valence-electron chi connectivity index (χ4n) is 2.79. The van der Waals surface area contributed by atoms with E-state index in [1.54, 1.807) is 0 Å². The Kier molecular flexibility index (Phi) is 5.22. The van der Waals surface area contributed by atoms with Gasteiger partial charge in [-0.2, -0.15) is 0 Å². The van der Waals surface area contributed by atoms with Gasteiger partial charge in [0.05, 0.1) is 5.52 Å². The van der Waals surface area contributed by atoms with E-state index < -0.39 is 0 Å². The van der Waals surface area contributed by atoms with Gasteiger partial charge in [0.25, 0.3) is 0 Å². The molecule has 1 N–H and O–H groups in total. The highest BCUT2D eigenvalue weighted by Gasteiger charge is 2.12. The largest absolute Gasteiger partial charge is 0.384 e. The molecule has 2 heteroatoms. The van der Waals surface area contributed by atoms with Gasteiger partial charge in [0.2, 0.25) is 0 Å². The van der Waals surface area contributed by atoms with Crippen LogP contribution in [0.5, 0.6) is 0 Å². The molecule has 114 valence electrons. The van der Waals surface area contributed by atoms with Crippen molar-refractivity contribution in [2.45, 2.75) is 59.8 Å². The predicted molar refractivity (Wildman–Crippen MR) is 93.3 cm³/mol. The second kappa shape index (κ2) is 6.93. The summed E-state index contributed by atoms with van der Waals surface area (Å²) in [5.41, 5.74) is 6.32. The van der Waals surface area contributed by atoms with Crippen molar-refractivity contribution in [2.75, 3.05) is 11.9 Å². The van der Waals surface area contributed by atoms with E-state index in [0.717, 1.165) is 24.9 Å². The minimum Gasteiger partial charge on any atom is -0.384 e. The van der Waals surface area contributed by atoms with E-state index in [9.17, 15) is 0 Å². The highest BCUT2D eigenvalue weighted by atomic mass is 14.9. The van der Waals surface area contributed by atoms with Crippen LogP contribution in [-0.2, 0) is 6.42 Å². The highest BCUT2D eigenvalue weighted by Crippen LogP contribution is 2.31. The summed E-state index contributed by atoms with van der Waals surface area (Å²) in [4.78, 5) is 4.85. The van der Waals surface area contributed by atoms with Crippen molar-refractivity contribution < 1.29 is 0 Å². The number of hydrogen-bond acceptors (Lipinski definition) is 2. The maximum absolute atomic E-state index is 4.85. The lowest BCUT2D eigenvalue weighted by atomic mass is 9.95. The molecule has 0 aliphatic carbocycles. The average Bonchev–Trinajstić information content (AvgIpc) is 2.52. The zero-order valence-corrected chi connectivity index (χ0v) is 14.1. The Morgan fingerprint density at radius 1 is 1.19 bits per heavy atom. The van der Waals surface area contributed by atoms with E-state index in [2.05, 4.69) is 58.1 Å². The summed E-state index contributed by atoms with van der Waals surface area (Å²) in [6.45, 7) is 12.1. The van der Waals surface area contributed by atoms with Gasteiger partial charge in [0, 0.05) is 23.3 Å². The Hall–Kier alpha value is -1.57. The molecule has 21 heavy (non-hydrogen) atoms. The van der Waals surface area contributed by atoms with E-state index in [1.165, 1.54) is 34.3 Å². The minimum absolute atomic E-state index is 0.597. The molecule has 2 rings (SSSR count). The summed E-state index contributed by atoms with van der Waals surface area (Å²) in [6.07, 6.45) is 3.29.